The van der Waals surface area contributed by atoms with Gasteiger partial charge in [-0.15, -0.1) is 0 Å². The van der Waals surface area contributed by atoms with Crippen molar-refractivity contribution in [1.29, 1.82) is 0 Å². The molecule has 0 bridgehead atoms. The molecule has 2 heterocycles. The largest absolute Gasteiger partial charge is 0.313 e. The average Bonchev–Trinajstić information content (AvgIpc) is 2.73. The van der Waals surface area contributed by atoms with Gasteiger partial charge in [0, 0.05) is 25.2 Å². The van der Waals surface area contributed by atoms with Crippen LogP contribution in [0.25, 0.3) is 0 Å². The van der Waals surface area contributed by atoms with Crippen molar-refractivity contribution in [3.8, 4) is 0 Å². The number of halogens is 1. The van der Waals surface area contributed by atoms with Gasteiger partial charge in [0.05, 0.1) is 5.69 Å². The zero-order valence-electron chi connectivity index (χ0n) is 9.39. The molecule has 1 unspecified atom stereocenters. The van der Waals surface area contributed by atoms with Crippen LogP contribution in [-0.2, 0) is 13.0 Å². The lowest BCUT2D eigenvalue weighted by molar-refractivity contribution is 0.186. The van der Waals surface area contributed by atoms with E-state index in [1.165, 1.54) is 0 Å². The zero-order valence-corrected chi connectivity index (χ0v) is 9.39. The second-order valence-corrected chi connectivity index (χ2v) is 4.35. The van der Waals surface area contributed by atoms with Crippen molar-refractivity contribution in [2.45, 2.75) is 38.9 Å². The molecule has 1 aliphatic rings. The smallest absolute Gasteiger partial charge is 0.130 e. The maximum Gasteiger partial charge on any atom is 0.130 e. The van der Waals surface area contributed by atoms with E-state index in [0.29, 0.717) is 19.4 Å². The van der Waals surface area contributed by atoms with E-state index < -0.39 is 5.67 Å². The first kappa shape index (κ1) is 10.6. The lowest BCUT2D eigenvalue weighted by atomic mass is 9.99. The summed E-state index contributed by atoms with van der Waals surface area (Å²) in [6.45, 7) is 6.06. The van der Waals surface area contributed by atoms with Crippen LogP contribution in [-0.4, -0.2) is 28.5 Å². The quantitative estimate of drug-likeness (QED) is 0.820. The van der Waals surface area contributed by atoms with Gasteiger partial charge in [0.25, 0.3) is 0 Å². The summed E-state index contributed by atoms with van der Waals surface area (Å²) in [7, 11) is 0. The molecule has 1 atom stereocenters. The Morgan fingerprint density at radius 2 is 2.47 bits per heavy atom. The van der Waals surface area contributed by atoms with E-state index in [9.17, 15) is 4.39 Å². The van der Waals surface area contributed by atoms with Crippen LogP contribution in [0.15, 0.2) is 6.07 Å². The molecule has 0 saturated carbocycles. The summed E-state index contributed by atoms with van der Waals surface area (Å²) >= 11 is 0. The number of nitrogens with one attached hydrogen (secondary N) is 1. The van der Waals surface area contributed by atoms with Crippen LogP contribution in [0.3, 0.4) is 0 Å². The summed E-state index contributed by atoms with van der Waals surface area (Å²) in [5.41, 5.74) is 0.918. The maximum absolute atomic E-state index is 14.2. The van der Waals surface area contributed by atoms with Gasteiger partial charge < -0.3 is 5.32 Å². The Morgan fingerprint density at radius 1 is 1.67 bits per heavy atom. The van der Waals surface area contributed by atoms with E-state index in [-0.39, 0.29) is 0 Å². The molecular weight excluding hydrogens is 193 g/mol. The SMILES string of the molecule is CCn1nc(C)cc1CC1(F)CCNC1. The Bertz CT molecular complexity index is 340. The van der Waals surface area contributed by atoms with Crippen LogP contribution in [0.1, 0.15) is 24.7 Å². The minimum absolute atomic E-state index is 0.473. The van der Waals surface area contributed by atoms with Crippen molar-refractivity contribution in [3.63, 3.8) is 0 Å². The number of rotatable bonds is 3. The predicted octanol–water partition coefficient (Wildman–Crippen LogP) is 1.46. The highest BCUT2D eigenvalue weighted by Crippen LogP contribution is 2.25. The van der Waals surface area contributed by atoms with Crippen LogP contribution in [0.4, 0.5) is 4.39 Å². The molecule has 0 amide bonds. The van der Waals surface area contributed by atoms with Gasteiger partial charge in [0.2, 0.25) is 0 Å². The maximum atomic E-state index is 14.2. The first-order chi connectivity index (χ1) is 7.13. The molecule has 1 saturated heterocycles. The van der Waals surface area contributed by atoms with Gasteiger partial charge in [-0.25, -0.2) is 4.39 Å². The Morgan fingerprint density at radius 3 is 3.07 bits per heavy atom. The van der Waals surface area contributed by atoms with Gasteiger partial charge in [0.1, 0.15) is 5.67 Å². The van der Waals surface area contributed by atoms with E-state index in [1.54, 1.807) is 0 Å². The first-order valence-corrected chi connectivity index (χ1v) is 5.56. The molecule has 1 N–H and O–H groups in total. The number of nitrogens with zero attached hydrogens (tertiary/aromatic N) is 2. The van der Waals surface area contributed by atoms with Crippen molar-refractivity contribution < 1.29 is 4.39 Å². The van der Waals surface area contributed by atoms with Gasteiger partial charge in [-0.1, -0.05) is 0 Å². The van der Waals surface area contributed by atoms with Crippen LogP contribution in [0, 0.1) is 6.92 Å². The molecule has 1 aromatic rings. The van der Waals surface area contributed by atoms with E-state index in [4.69, 9.17) is 0 Å². The lowest BCUT2D eigenvalue weighted by Gasteiger charge is -2.18. The van der Waals surface area contributed by atoms with E-state index in [0.717, 1.165) is 24.5 Å². The summed E-state index contributed by atoms with van der Waals surface area (Å²) in [6.07, 6.45) is 1.09. The molecule has 0 aliphatic carbocycles. The van der Waals surface area contributed by atoms with E-state index in [2.05, 4.69) is 10.4 Å². The number of hydrogen-bond acceptors (Lipinski definition) is 2. The number of hydrogen-bond donors (Lipinski definition) is 1. The second-order valence-electron chi connectivity index (χ2n) is 4.35. The minimum atomic E-state index is -1.07. The van der Waals surface area contributed by atoms with Crippen molar-refractivity contribution in [1.82, 2.24) is 15.1 Å². The van der Waals surface area contributed by atoms with Crippen molar-refractivity contribution >= 4 is 0 Å². The highest BCUT2D eigenvalue weighted by molar-refractivity contribution is 5.13. The normalized spacial score (nSPS) is 26.1. The highest BCUT2D eigenvalue weighted by Gasteiger charge is 2.34. The molecular formula is C11H18FN3. The molecule has 1 fully saturated rings. The zero-order chi connectivity index (χ0) is 10.9. The average molecular weight is 211 g/mol. The van der Waals surface area contributed by atoms with Crippen LogP contribution < -0.4 is 5.32 Å². The Hall–Kier alpha value is -0.900. The summed E-state index contributed by atoms with van der Waals surface area (Å²) < 4.78 is 16.1. The standard InChI is InChI=1S/C11H18FN3/c1-3-15-10(6-9(2)14-15)7-11(12)4-5-13-8-11/h6,13H,3-5,7-8H2,1-2H3. The van der Waals surface area contributed by atoms with E-state index >= 15 is 0 Å². The van der Waals surface area contributed by atoms with E-state index in [1.807, 2.05) is 24.6 Å². The predicted molar refractivity (Wildman–Crippen MR) is 57.7 cm³/mol. The third-order valence-electron chi connectivity index (χ3n) is 2.97. The van der Waals surface area contributed by atoms with Gasteiger partial charge in [-0.05, 0) is 32.9 Å². The fourth-order valence-electron chi connectivity index (χ4n) is 2.20. The lowest BCUT2D eigenvalue weighted by Crippen LogP contribution is -2.29. The van der Waals surface area contributed by atoms with Crippen molar-refractivity contribution in [2.75, 3.05) is 13.1 Å². The Labute approximate surface area is 89.7 Å². The third-order valence-corrected chi connectivity index (χ3v) is 2.97. The molecule has 0 spiro atoms. The molecule has 0 aromatic carbocycles. The van der Waals surface area contributed by atoms with Gasteiger partial charge in [0.15, 0.2) is 0 Å². The molecule has 1 aliphatic heterocycles. The number of aryl methyl sites for hydroxylation is 2. The molecule has 84 valence electrons. The summed E-state index contributed by atoms with van der Waals surface area (Å²) in [5.74, 6) is 0. The fraction of sp³-hybridized carbons (Fsp3) is 0.727. The first-order valence-electron chi connectivity index (χ1n) is 5.56. The topological polar surface area (TPSA) is 29.9 Å². The number of alkyl halides is 1. The number of aromatic nitrogens is 2. The summed E-state index contributed by atoms with van der Waals surface area (Å²) in [5, 5.41) is 7.40. The van der Waals surface area contributed by atoms with Crippen LogP contribution in [0.5, 0.6) is 0 Å². The third kappa shape index (κ3) is 2.20. The van der Waals surface area contributed by atoms with Gasteiger partial charge in [-0.3, -0.25) is 4.68 Å². The monoisotopic (exact) mass is 211 g/mol. The highest BCUT2D eigenvalue weighted by atomic mass is 19.1. The van der Waals surface area contributed by atoms with Crippen LogP contribution in [0.2, 0.25) is 0 Å². The van der Waals surface area contributed by atoms with Gasteiger partial charge in [-0.2, -0.15) is 5.10 Å². The Kier molecular flexibility index (Phi) is 2.78. The molecule has 15 heavy (non-hydrogen) atoms. The minimum Gasteiger partial charge on any atom is -0.313 e. The fourth-order valence-corrected chi connectivity index (χ4v) is 2.20. The van der Waals surface area contributed by atoms with Crippen molar-refractivity contribution in [3.05, 3.63) is 17.5 Å². The van der Waals surface area contributed by atoms with Gasteiger partial charge >= 0.3 is 0 Å². The molecule has 4 heteroatoms. The summed E-state index contributed by atoms with van der Waals surface area (Å²) in [4.78, 5) is 0. The van der Waals surface area contributed by atoms with Crippen molar-refractivity contribution in [2.24, 2.45) is 0 Å². The molecule has 3 nitrogen and oxygen atoms in total. The second kappa shape index (κ2) is 3.93. The molecule has 2 rings (SSSR count). The Balaban J connectivity index is 2.15. The summed E-state index contributed by atoms with van der Waals surface area (Å²) in [6, 6.07) is 1.99. The van der Waals surface area contributed by atoms with Crippen LogP contribution >= 0.6 is 0 Å². The molecule has 0 radical (unpaired) electrons. The molecule has 1 aromatic heterocycles.